The summed E-state index contributed by atoms with van der Waals surface area (Å²) < 4.78 is 27.2. The number of carboxylic acid groups (broad SMARTS) is 1. The molecule has 0 aliphatic heterocycles. The third kappa shape index (κ3) is 3.93. The van der Waals surface area contributed by atoms with Gasteiger partial charge in [-0.2, -0.15) is 17.4 Å². The maximum atomic E-state index is 11.9. The van der Waals surface area contributed by atoms with E-state index in [1.54, 1.807) is 0 Å². The van der Waals surface area contributed by atoms with E-state index in [-0.39, 0.29) is 6.04 Å². The van der Waals surface area contributed by atoms with E-state index in [0.717, 1.165) is 32.1 Å². The standard InChI is InChI=1S/C10H20N2O4S/c1-8(10(13)14)11-17(15,16)12(2)9-6-4-3-5-7-9/h8-9,11H,3-7H2,1-2H3,(H,13,14)/t8-/m0/s1. The van der Waals surface area contributed by atoms with Crippen LogP contribution in [0.5, 0.6) is 0 Å². The molecule has 2 N–H and O–H groups in total. The topological polar surface area (TPSA) is 86.7 Å². The molecule has 100 valence electrons. The van der Waals surface area contributed by atoms with Gasteiger partial charge in [0.2, 0.25) is 0 Å². The van der Waals surface area contributed by atoms with Crippen molar-refractivity contribution in [2.75, 3.05) is 7.05 Å². The van der Waals surface area contributed by atoms with Gasteiger partial charge in [0.1, 0.15) is 6.04 Å². The quantitative estimate of drug-likeness (QED) is 0.759. The Kier molecular flexibility index (Phi) is 4.91. The van der Waals surface area contributed by atoms with Gasteiger partial charge in [0.05, 0.1) is 0 Å². The average molecular weight is 264 g/mol. The monoisotopic (exact) mass is 264 g/mol. The summed E-state index contributed by atoms with van der Waals surface area (Å²) in [6.07, 6.45) is 4.89. The highest BCUT2D eigenvalue weighted by molar-refractivity contribution is 7.87. The zero-order valence-corrected chi connectivity index (χ0v) is 11.0. The predicted molar refractivity (Wildman–Crippen MR) is 63.8 cm³/mol. The highest BCUT2D eigenvalue weighted by Crippen LogP contribution is 2.23. The molecule has 1 fully saturated rings. The molecule has 0 aromatic carbocycles. The van der Waals surface area contributed by atoms with Crippen molar-refractivity contribution in [2.45, 2.75) is 51.1 Å². The number of aliphatic carboxylic acids is 1. The lowest BCUT2D eigenvalue weighted by molar-refractivity contribution is -0.138. The number of nitrogens with one attached hydrogen (secondary N) is 1. The smallest absolute Gasteiger partial charge is 0.321 e. The largest absolute Gasteiger partial charge is 0.480 e. The lowest BCUT2D eigenvalue weighted by Crippen LogP contribution is -2.49. The van der Waals surface area contributed by atoms with Gasteiger partial charge in [-0.25, -0.2) is 0 Å². The summed E-state index contributed by atoms with van der Waals surface area (Å²) >= 11 is 0. The van der Waals surface area contributed by atoms with Gasteiger partial charge in [-0.15, -0.1) is 0 Å². The summed E-state index contributed by atoms with van der Waals surface area (Å²) in [6, 6.07) is -1.12. The highest BCUT2D eigenvalue weighted by Gasteiger charge is 2.29. The molecular weight excluding hydrogens is 244 g/mol. The average Bonchev–Trinajstić information content (AvgIpc) is 2.28. The van der Waals surface area contributed by atoms with Gasteiger partial charge < -0.3 is 5.11 Å². The lowest BCUT2D eigenvalue weighted by Gasteiger charge is -2.30. The maximum absolute atomic E-state index is 11.9. The third-order valence-electron chi connectivity index (χ3n) is 3.16. The normalized spacial score (nSPS) is 20.4. The second-order valence-corrected chi connectivity index (χ2v) is 6.25. The van der Waals surface area contributed by atoms with Crippen LogP contribution in [0.15, 0.2) is 0 Å². The molecule has 6 nitrogen and oxygen atoms in total. The van der Waals surface area contributed by atoms with Gasteiger partial charge >= 0.3 is 5.97 Å². The van der Waals surface area contributed by atoms with Gasteiger partial charge in [0.25, 0.3) is 10.2 Å². The van der Waals surface area contributed by atoms with Crippen LogP contribution >= 0.6 is 0 Å². The van der Waals surface area contributed by atoms with Crippen LogP contribution in [-0.2, 0) is 15.0 Å². The van der Waals surface area contributed by atoms with Crippen molar-refractivity contribution in [1.82, 2.24) is 9.03 Å². The second kappa shape index (κ2) is 5.79. The van der Waals surface area contributed by atoms with Crippen LogP contribution in [0.3, 0.4) is 0 Å². The molecule has 0 spiro atoms. The van der Waals surface area contributed by atoms with Gasteiger partial charge in [-0.05, 0) is 19.8 Å². The maximum Gasteiger partial charge on any atom is 0.321 e. The summed E-state index contributed by atoms with van der Waals surface area (Å²) in [7, 11) is -2.19. The van der Waals surface area contributed by atoms with E-state index in [2.05, 4.69) is 4.72 Å². The number of nitrogens with zero attached hydrogens (tertiary/aromatic N) is 1. The molecule has 0 heterocycles. The Balaban J connectivity index is 2.65. The van der Waals surface area contributed by atoms with E-state index < -0.39 is 22.2 Å². The minimum absolute atomic E-state index is 0.0118. The highest BCUT2D eigenvalue weighted by atomic mass is 32.2. The number of rotatable bonds is 5. The van der Waals surface area contributed by atoms with Gasteiger partial charge in [0.15, 0.2) is 0 Å². The fraction of sp³-hybridized carbons (Fsp3) is 0.900. The van der Waals surface area contributed by atoms with Crippen molar-refractivity contribution in [2.24, 2.45) is 0 Å². The van der Waals surface area contributed by atoms with E-state index in [0.29, 0.717) is 0 Å². The molecule has 0 unspecified atom stereocenters. The fourth-order valence-corrected chi connectivity index (χ4v) is 3.32. The van der Waals surface area contributed by atoms with Crippen LogP contribution in [0.2, 0.25) is 0 Å². The van der Waals surface area contributed by atoms with E-state index in [9.17, 15) is 13.2 Å². The first-order chi connectivity index (χ1) is 7.84. The van der Waals surface area contributed by atoms with Crippen molar-refractivity contribution in [3.05, 3.63) is 0 Å². The summed E-state index contributed by atoms with van der Waals surface area (Å²) in [5.41, 5.74) is 0. The predicted octanol–water partition coefficient (Wildman–Crippen LogP) is 0.558. The molecule has 0 amide bonds. The Morgan fingerprint density at radius 1 is 1.35 bits per heavy atom. The summed E-state index contributed by atoms with van der Waals surface area (Å²) in [6.45, 7) is 1.31. The molecule has 7 heteroatoms. The van der Waals surface area contributed by atoms with Crippen molar-refractivity contribution in [1.29, 1.82) is 0 Å². The van der Waals surface area contributed by atoms with Gasteiger partial charge in [-0.3, -0.25) is 4.79 Å². The zero-order valence-electron chi connectivity index (χ0n) is 10.2. The molecule has 0 saturated heterocycles. The van der Waals surface area contributed by atoms with Crippen molar-refractivity contribution in [3.63, 3.8) is 0 Å². The minimum atomic E-state index is -3.70. The molecule has 0 bridgehead atoms. The first kappa shape index (κ1) is 14.4. The van der Waals surface area contributed by atoms with Crippen LogP contribution in [0.25, 0.3) is 0 Å². The number of hydrogen-bond donors (Lipinski definition) is 2. The van der Waals surface area contributed by atoms with E-state index >= 15 is 0 Å². The molecule has 1 rings (SSSR count). The van der Waals surface area contributed by atoms with Crippen LogP contribution in [0, 0.1) is 0 Å². The Morgan fingerprint density at radius 3 is 2.35 bits per heavy atom. The summed E-state index contributed by atoms with van der Waals surface area (Å²) in [5.74, 6) is -1.18. The molecule has 0 aromatic heterocycles. The molecule has 0 aromatic rings. The minimum Gasteiger partial charge on any atom is -0.480 e. The van der Waals surface area contributed by atoms with Crippen LogP contribution in [0.4, 0.5) is 0 Å². The Hall–Kier alpha value is -0.660. The van der Waals surface area contributed by atoms with E-state index in [4.69, 9.17) is 5.11 Å². The van der Waals surface area contributed by atoms with Crippen molar-refractivity contribution in [3.8, 4) is 0 Å². The van der Waals surface area contributed by atoms with Crippen LogP contribution in [0.1, 0.15) is 39.0 Å². The first-order valence-electron chi connectivity index (χ1n) is 5.82. The Morgan fingerprint density at radius 2 is 1.88 bits per heavy atom. The Labute approximate surface area is 102 Å². The van der Waals surface area contributed by atoms with E-state index in [1.165, 1.54) is 18.3 Å². The number of carboxylic acids is 1. The molecule has 1 saturated carbocycles. The molecule has 1 aliphatic carbocycles. The first-order valence-corrected chi connectivity index (χ1v) is 7.26. The Bertz CT molecular complexity index is 363. The molecule has 1 atom stereocenters. The molecule has 1 aliphatic rings. The molecular formula is C10H20N2O4S. The number of carbonyl (C=O) groups is 1. The molecule has 0 radical (unpaired) electrons. The number of hydrogen-bond acceptors (Lipinski definition) is 3. The van der Waals surface area contributed by atoms with Crippen molar-refractivity contribution < 1.29 is 18.3 Å². The fourth-order valence-electron chi connectivity index (χ4n) is 2.00. The lowest BCUT2D eigenvalue weighted by atomic mass is 9.96. The van der Waals surface area contributed by atoms with Gasteiger partial charge in [-0.1, -0.05) is 19.3 Å². The summed E-state index contributed by atoms with van der Waals surface area (Å²) in [4.78, 5) is 10.6. The van der Waals surface area contributed by atoms with Crippen LogP contribution in [-0.4, -0.2) is 42.9 Å². The van der Waals surface area contributed by atoms with Gasteiger partial charge in [0, 0.05) is 13.1 Å². The zero-order chi connectivity index (χ0) is 13.1. The SMILES string of the molecule is C[C@H](NS(=O)(=O)N(C)C1CCCCC1)C(=O)O. The third-order valence-corrected chi connectivity index (χ3v) is 4.87. The summed E-state index contributed by atoms with van der Waals surface area (Å²) in [5, 5.41) is 8.69. The molecule has 17 heavy (non-hydrogen) atoms. The van der Waals surface area contributed by atoms with Crippen LogP contribution < -0.4 is 4.72 Å². The van der Waals surface area contributed by atoms with Crippen molar-refractivity contribution >= 4 is 16.2 Å². The second-order valence-electron chi connectivity index (χ2n) is 4.49. The van der Waals surface area contributed by atoms with E-state index in [1.807, 2.05) is 0 Å².